The van der Waals surface area contributed by atoms with Crippen LogP contribution in [0, 0.1) is 12.7 Å². The third kappa shape index (κ3) is 4.43. The van der Waals surface area contributed by atoms with Gasteiger partial charge >= 0.3 is 5.97 Å². The maximum absolute atomic E-state index is 13.5. The molecular formula is C16H12BrFO3. The van der Waals surface area contributed by atoms with E-state index in [9.17, 15) is 9.18 Å². The van der Waals surface area contributed by atoms with Gasteiger partial charge in [-0.3, -0.25) is 0 Å². The molecule has 108 valence electrons. The second-order valence-electron chi connectivity index (χ2n) is 4.43. The number of carboxylic acids is 1. The molecule has 0 fully saturated rings. The lowest BCUT2D eigenvalue weighted by Crippen LogP contribution is -1.90. The van der Waals surface area contributed by atoms with Crippen molar-refractivity contribution in [3.8, 4) is 11.5 Å². The predicted octanol–water partition coefficient (Wildman–Crippen LogP) is 4.79. The minimum Gasteiger partial charge on any atom is -0.478 e. The van der Waals surface area contributed by atoms with E-state index in [1.165, 1.54) is 18.2 Å². The van der Waals surface area contributed by atoms with Crippen LogP contribution in [0.15, 0.2) is 46.9 Å². The molecule has 0 aromatic heterocycles. The Morgan fingerprint density at radius 3 is 2.71 bits per heavy atom. The summed E-state index contributed by atoms with van der Waals surface area (Å²) in [5.41, 5.74) is 1.48. The topological polar surface area (TPSA) is 46.5 Å². The van der Waals surface area contributed by atoms with Crippen LogP contribution in [0.4, 0.5) is 4.39 Å². The van der Waals surface area contributed by atoms with E-state index in [4.69, 9.17) is 9.84 Å². The Kier molecular flexibility index (Phi) is 4.75. The fraction of sp³-hybridized carbons (Fsp3) is 0.0625. The third-order valence-electron chi connectivity index (χ3n) is 2.63. The van der Waals surface area contributed by atoms with Crippen molar-refractivity contribution >= 4 is 28.0 Å². The highest BCUT2D eigenvalue weighted by atomic mass is 79.9. The first kappa shape index (κ1) is 15.3. The zero-order chi connectivity index (χ0) is 15.4. The summed E-state index contributed by atoms with van der Waals surface area (Å²) in [6, 6.07) is 9.58. The Morgan fingerprint density at radius 1 is 1.29 bits per heavy atom. The van der Waals surface area contributed by atoms with Crippen LogP contribution < -0.4 is 4.74 Å². The molecule has 0 bridgehead atoms. The molecule has 0 amide bonds. The summed E-state index contributed by atoms with van der Waals surface area (Å²) >= 11 is 3.38. The van der Waals surface area contributed by atoms with Gasteiger partial charge in [-0.2, -0.15) is 0 Å². The fourth-order valence-electron chi connectivity index (χ4n) is 1.72. The first-order chi connectivity index (χ1) is 9.94. The maximum Gasteiger partial charge on any atom is 0.328 e. The van der Waals surface area contributed by atoms with Crippen molar-refractivity contribution in [2.24, 2.45) is 0 Å². The van der Waals surface area contributed by atoms with E-state index in [2.05, 4.69) is 15.9 Å². The van der Waals surface area contributed by atoms with Crippen LogP contribution >= 0.6 is 15.9 Å². The summed E-state index contributed by atoms with van der Waals surface area (Å²) in [6.45, 7) is 1.95. The van der Waals surface area contributed by atoms with Crippen molar-refractivity contribution in [2.75, 3.05) is 0 Å². The second kappa shape index (κ2) is 6.54. The molecule has 1 N–H and O–H groups in total. The highest BCUT2D eigenvalue weighted by Crippen LogP contribution is 2.31. The molecule has 0 aliphatic rings. The average molecular weight is 351 g/mol. The molecule has 2 aromatic carbocycles. The molecule has 2 aromatic rings. The van der Waals surface area contributed by atoms with Crippen LogP contribution in [-0.4, -0.2) is 11.1 Å². The Morgan fingerprint density at radius 2 is 2.05 bits per heavy atom. The van der Waals surface area contributed by atoms with E-state index in [0.29, 0.717) is 17.1 Å². The van der Waals surface area contributed by atoms with Gasteiger partial charge in [-0.1, -0.05) is 6.07 Å². The molecule has 0 aliphatic carbocycles. The van der Waals surface area contributed by atoms with Crippen molar-refractivity contribution in [1.29, 1.82) is 0 Å². The second-order valence-corrected chi connectivity index (χ2v) is 5.28. The summed E-state index contributed by atoms with van der Waals surface area (Å²) in [5.74, 6) is -0.743. The molecule has 0 spiro atoms. The number of hydrogen-bond donors (Lipinski definition) is 1. The molecule has 0 unspecified atom stereocenters. The summed E-state index contributed by atoms with van der Waals surface area (Å²) in [6.07, 6.45) is 2.25. The van der Waals surface area contributed by atoms with Gasteiger partial charge in [0.05, 0.1) is 4.47 Å². The van der Waals surface area contributed by atoms with Crippen LogP contribution in [0.25, 0.3) is 6.08 Å². The number of carboxylic acid groups (broad SMARTS) is 1. The quantitative estimate of drug-likeness (QED) is 0.806. The highest BCUT2D eigenvalue weighted by molar-refractivity contribution is 9.10. The van der Waals surface area contributed by atoms with Gasteiger partial charge in [-0.25, -0.2) is 9.18 Å². The Bertz CT molecular complexity index is 711. The van der Waals surface area contributed by atoms with Crippen LogP contribution in [0.1, 0.15) is 11.1 Å². The van der Waals surface area contributed by atoms with Gasteiger partial charge in [0.25, 0.3) is 0 Å². The molecular weight excluding hydrogens is 339 g/mol. The highest BCUT2D eigenvalue weighted by Gasteiger charge is 2.05. The van der Waals surface area contributed by atoms with Crippen LogP contribution in [0.5, 0.6) is 11.5 Å². The van der Waals surface area contributed by atoms with Gasteiger partial charge in [0, 0.05) is 12.1 Å². The zero-order valence-electron chi connectivity index (χ0n) is 11.1. The largest absolute Gasteiger partial charge is 0.478 e. The third-order valence-corrected chi connectivity index (χ3v) is 3.25. The maximum atomic E-state index is 13.5. The van der Waals surface area contributed by atoms with Crippen molar-refractivity contribution in [3.63, 3.8) is 0 Å². The Balaban J connectivity index is 2.29. The lowest BCUT2D eigenvalue weighted by Gasteiger charge is -2.09. The number of aliphatic carboxylic acids is 1. The summed E-state index contributed by atoms with van der Waals surface area (Å²) in [5, 5.41) is 8.59. The summed E-state index contributed by atoms with van der Waals surface area (Å²) in [4.78, 5) is 10.5. The minimum atomic E-state index is -1.09. The van der Waals surface area contributed by atoms with Gasteiger partial charge in [-0.05, 0) is 64.3 Å². The zero-order valence-corrected chi connectivity index (χ0v) is 12.7. The van der Waals surface area contributed by atoms with Crippen LogP contribution in [0.3, 0.4) is 0 Å². The van der Waals surface area contributed by atoms with E-state index >= 15 is 0 Å². The SMILES string of the molecule is Cc1ccc(Oc2cc(F)cc(/C=C/C(=O)O)c2)c(Br)c1. The number of benzene rings is 2. The van der Waals surface area contributed by atoms with Gasteiger partial charge in [0.1, 0.15) is 17.3 Å². The van der Waals surface area contributed by atoms with Crippen molar-refractivity contribution in [2.45, 2.75) is 6.92 Å². The standard InChI is InChI=1S/C16H12BrFO3/c1-10-2-4-15(14(17)6-10)21-13-8-11(3-5-16(19)20)7-12(18)9-13/h2-9H,1H3,(H,19,20)/b5-3+. The number of halogens is 2. The average Bonchev–Trinajstić information content (AvgIpc) is 2.39. The van der Waals surface area contributed by atoms with Gasteiger partial charge < -0.3 is 9.84 Å². The van der Waals surface area contributed by atoms with Gasteiger partial charge in [-0.15, -0.1) is 0 Å². The fourth-order valence-corrected chi connectivity index (χ4v) is 2.30. The van der Waals surface area contributed by atoms with Gasteiger partial charge in [0.2, 0.25) is 0 Å². The van der Waals surface area contributed by atoms with Crippen LogP contribution in [-0.2, 0) is 4.79 Å². The number of ether oxygens (including phenoxy) is 1. The molecule has 0 heterocycles. The lowest BCUT2D eigenvalue weighted by atomic mass is 10.2. The van der Waals surface area contributed by atoms with E-state index in [-0.39, 0.29) is 0 Å². The number of aryl methyl sites for hydroxylation is 1. The molecule has 3 nitrogen and oxygen atoms in total. The molecule has 0 atom stereocenters. The number of hydrogen-bond acceptors (Lipinski definition) is 2. The molecule has 0 saturated carbocycles. The Hall–Kier alpha value is -2.14. The monoisotopic (exact) mass is 350 g/mol. The van der Waals surface area contributed by atoms with Crippen molar-refractivity contribution < 1.29 is 19.0 Å². The Labute approximate surface area is 129 Å². The first-order valence-electron chi connectivity index (χ1n) is 6.09. The molecule has 0 saturated heterocycles. The lowest BCUT2D eigenvalue weighted by molar-refractivity contribution is -0.131. The summed E-state index contributed by atoms with van der Waals surface area (Å²) < 4.78 is 19.9. The molecule has 5 heteroatoms. The molecule has 21 heavy (non-hydrogen) atoms. The molecule has 0 aliphatic heterocycles. The summed E-state index contributed by atoms with van der Waals surface area (Å²) in [7, 11) is 0. The molecule has 0 radical (unpaired) electrons. The van der Waals surface area contributed by atoms with Crippen molar-refractivity contribution in [1.82, 2.24) is 0 Å². The van der Waals surface area contributed by atoms with E-state index < -0.39 is 11.8 Å². The van der Waals surface area contributed by atoms with Crippen molar-refractivity contribution in [3.05, 3.63) is 63.9 Å². The number of carbonyl (C=O) groups is 1. The normalized spacial score (nSPS) is 10.8. The van der Waals surface area contributed by atoms with E-state index in [1.54, 1.807) is 12.1 Å². The van der Waals surface area contributed by atoms with E-state index in [1.807, 2.05) is 19.1 Å². The predicted molar refractivity (Wildman–Crippen MR) is 82.0 cm³/mol. The van der Waals surface area contributed by atoms with Crippen LogP contribution in [0.2, 0.25) is 0 Å². The molecule has 2 rings (SSSR count). The van der Waals surface area contributed by atoms with Gasteiger partial charge in [0.15, 0.2) is 0 Å². The smallest absolute Gasteiger partial charge is 0.328 e. The minimum absolute atomic E-state index is 0.296. The van der Waals surface area contributed by atoms with E-state index in [0.717, 1.165) is 16.1 Å². The number of rotatable bonds is 4. The first-order valence-corrected chi connectivity index (χ1v) is 6.89.